The molecule has 4 heteroatoms. The monoisotopic (exact) mass is 166 g/mol. The molecule has 0 saturated carbocycles. The summed E-state index contributed by atoms with van der Waals surface area (Å²) in [5.74, 6) is -0.877. The average molecular weight is 166 g/mol. The number of carboxylic acid groups (broad SMARTS) is 1. The van der Waals surface area contributed by atoms with Crippen molar-refractivity contribution >= 4 is 5.97 Å². The number of rotatable bonds is 2. The van der Waals surface area contributed by atoms with Gasteiger partial charge in [0.15, 0.2) is 0 Å². The van der Waals surface area contributed by atoms with Crippen LogP contribution in [0.4, 0.5) is 0 Å². The van der Waals surface area contributed by atoms with Crippen molar-refractivity contribution in [1.82, 2.24) is 9.97 Å². The Labute approximate surface area is 70.3 Å². The predicted octanol–water partition coefficient (Wildman–Crippen LogP) is 0.839. The fourth-order valence-corrected chi connectivity index (χ4v) is 0.745. The number of nitrogens with zero attached hydrogens (tertiary/aromatic N) is 2. The van der Waals surface area contributed by atoms with Crippen LogP contribution in [0.3, 0.4) is 0 Å². The summed E-state index contributed by atoms with van der Waals surface area (Å²) in [5, 5.41) is 8.84. The van der Waals surface area contributed by atoms with Gasteiger partial charge in [-0.1, -0.05) is 0 Å². The molecule has 0 saturated heterocycles. The van der Waals surface area contributed by atoms with Crippen LogP contribution in [0.5, 0.6) is 0 Å². The molecule has 0 aliphatic heterocycles. The van der Waals surface area contributed by atoms with Crippen LogP contribution in [0.15, 0.2) is 18.7 Å². The molecule has 0 unspecified atom stereocenters. The molecule has 64 valence electrons. The topological polar surface area (TPSA) is 63.1 Å². The van der Waals surface area contributed by atoms with E-state index in [-0.39, 0.29) is 0 Å². The number of aliphatic carboxylic acids is 1. The second kappa shape index (κ2) is 2.89. The molecule has 0 spiro atoms. The lowest BCUT2D eigenvalue weighted by Crippen LogP contribution is -2.28. The molecule has 1 aromatic rings. The maximum absolute atomic E-state index is 10.8. The first-order chi connectivity index (χ1) is 5.55. The van der Waals surface area contributed by atoms with Gasteiger partial charge in [0.25, 0.3) is 0 Å². The Bertz CT molecular complexity index is 282. The van der Waals surface area contributed by atoms with Crippen molar-refractivity contribution in [1.29, 1.82) is 0 Å². The highest BCUT2D eigenvalue weighted by molar-refractivity contribution is 5.79. The highest BCUT2D eigenvalue weighted by Gasteiger charge is 2.29. The highest BCUT2D eigenvalue weighted by atomic mass is 16.4. The molecule has 1 aromatic heterocycles. The molecule has 0 radical (unpaired) electrons. The second-order valence-electron chi connectivity index (χ2n) is 3.06. The smallest absolute Gasteiger partial charge is 0.313 e. The molecule has 12 heavy (non-hydrogen) atoms. The summed E-state index contributed by atoms with van der Waals surface area (Å²) in [7, 11) is 0. The van der Waals surface area contributed by atoms with E-state index in [1.807, 2.05) is 0 Å². The van der Waals surface area contributed by atoms with E-state index >= 15 is 0 Å². The Hall–Kier alpha value is -1.45. The lowest BCUT2D eigenvalue weighted by Gasteiger charge is -2.17. The summed E-state index contributed by atoms with van der Waals surface area (Å²) < 4.78 is 0. The van der Waals surface area contributed by atoms with Gasteiger partial charge in [-0.25, -0.2) is 9.97 Å². The highest BCUT2D eigenvalue weighted by Crippen LogP contribution is 2.20. The van der Waals surface area contributed by atoms with Gasteiger partial charge in [-0.05, 0) is 13.8 Å². The Morgan fingerprint density at radius 3 is 2.33 bits per heavy atom. The van der Waals surface area contributed by atoms with Crippen LogP contribution in [-0.2, 0) is 10.2 Å². The van der Waals surface area contributed by atoms with Crippen molar-refractivity contribution in [3.63, 3.8) is 0 Å². The molecule has 0 aliphatic rings. The minimum absolute atomic E-state index is 0.609. The summed E-state index contributed by atoms with van der Waals surface area (Å²) in [6, 6.07) is 0. The third kappa shape index (κ3) is 1.42. The lowest BCUT2D eigenvalue weighted by molar-refractivity contribution is -0.142. The molecular formula is C8H10N2O2. The van der Waals surface area contributed by atoms with E-state index in [2.05, 4.69) is 9.97 Å². The maximum Gasteiger partial charge on any atom is 0.313 e. The average Bonchev–Trinajstić information content (AvgIpc) is 2.06. The van der Waals surface area contributed by atoms with E-state index < -0.39 is 11.4 Å². The number of hydrogen-bond acceptors (Lipinski definition) is 3. The van der Waals surface area contributed by atoms with Crippen LogP contribution in [0.25, 0.3) is 0 Å². The first-order valence-electron chi connectivity index (χ1n) is 3.54. The number of carbonyl (C=O) groups is 1. The van der Waals surface area contributed by atoms with E-state index in [1.54, 1.807) is 13.8 Å². The summed E-state index contributed by atoms with van der Waals surface area (Å²) >= 11 is 0. The van der Waals surface area contributed by atoms with Crippen LogP contribution >= 0.6 is 0 Å². The summed E-state index contributed by atoms with van der Waals surface area (Å²) in [4.78, 5) is 18.3. The van der Waals surface area contributed by atoms with Crippen molar-refractivity contribution in [2.75, 3.05) is 0 Å². The first kappa shape index (κ1) is 8.64. The number of hydrogen-bond donors (Lipinski definition) is 1. The van der Waals surface area contributed by atoms with Crippen LogP contribution in [0.2, 0.25) is 0 Å². The molecule has 0 bridgehead atoms. The third-order valence-electron chi connectivity index (χ3n) is 1.82. The van der Waals surface area contributed by atoms with E-state index in [4.69, 9.17) is 5.11 Å². The lowest BCUT2D eigenvalue weighted by atomic mass is 9.87. The molecule has 0 aromatic carbocycles. The Morgan fingerprint density at radius 1 is 1.42 bits per heavy atom. The van der Waals surface area contributed by atoms with Gasteiger partial charge in [-0.3, -0.25) is 4.79 Å². The van der Waals surface area contributed by atoms with Gasteiger partial charge in [-0.15, -0.1) is 0 Å². The first-order valence-corrected chi connectivity index (χ1v) is 3.54. The van der Waals surface area contributed by atoms with Crippen LogP contribution in [0, 0.1) is 0 Å². The van der Waals surface area contributed by atoms with Gasteiger partial charge in [0.1, 0.15) is 6.33 Å². The minimum atomic E-state index is -0.915. The van der Waals surface area contributed by atoms with Crippen LogP contribution in [-0.4, -0.2) is 21.0 Å². The minimum Gasteiger partial charge on any atom is -0.481 e. The van der Waals surface area contributed by atoms with Crippen molar-refractivity contribution in [2.24, 2.45) is 0 Å². The zero-order valence-corrected chi connectivity index (χ0v) is 6.98. The van der Waals surface area contributed by atoms with E-state index in [0.717, 1.165) is 0 Å². The summed E-state index contributed by atoms with van der Waals surface area (Å²) in [6.45, 7) is 3.24. The largest absolute Gasteiger partial charge is 0.481 e. The Balaban J connectivity index is 3.06. The summed E-state index contributed by atoms with van der Waals surface area (Å²) in [6.07, 6.45) is 4.41. The molecule has 1 heterocycles. The van der Waals surface area contributed by atoms with Crippen LogP contribution in [0.1, 0.15) is 19.4 Å². The van der Waals surface area contributed by atoms with Crippen molar-refractivity contribution in [2.45, 2.75) is 19.3 Å². The molecule has 0 amide bonds. The van der Waals surface area contributed by atoms with Gasteiger partial charge >= 0.3 is 5.97 Å². The molecule has 0 fully saturated rings. The van der Waals surface area contributed by atoms with E-state index in [9.17, 15) is 4.79 Å². The van der Waals surface area contributed by atoms with Crippen molar-refractivity contribution in [3.05, 3.63) is 24.3 Å². The summed E-state index contributed by atoms with van der Waals surface area (Å²) in [5.41, 5.74) is -0.307. The molecule has 4 nitrogen and oxygen atoms in total. The second-order valence-corrected chi connectivity index (χ2v) is 3.06. The van der Waals surface area contributed by atoms with Crippen molar-refractivity contribution < 1.29 is 9.90 Å². The standard InChI is InChI=1S/C8H10N2O2/c1-8(2,7(11)12)6-3-9-5-10-4-6/h3-5H,1-2H3,(H,11,12). The molecule has 1 N–H and O–H groups in total. The fourth-order valence-electron chi connectivity index (χ4n) is 0.745. The van der Waals surface area contributed by atoms with Gasteiger partial charge in [-0.2, -0.15) is 0 Å². The fraction of sp³-hybridized carbons (Fsp3) is 0.375. The zero-order valence-electron chi connectivity index (χ0n) is 6.98. The maximum atomic E-state index is 10.8. The van der Waals surface area contributed by atoms with Gasteiger partial charge in [0.2, 0.25) is 0 Å². The quantitative estimate of drug-likeness (QED) is 0.707. The molecule has 0 aliphatic carbocycles. The van der Waals surface area contributed by atoms with Gasteiger partial charge in [0, 0.05) is 18.0 Å². The Kier molecular flexibility index (Phi) is 2.08. The predicted molar refractivity (Wildman–Crippen MR) is 42.7 cm³/mol. The SMILES string of the molecule is CC(C)(C(=O)O)c1cncnc1. The van der Waals surface area contributed by atoms with E-state index in [0.29, 0.717) is 5.56 Å². The van der Waals surface area contributed by atoms with Gasteiger partial charge < -0.3 is 5.11 Å². The van der Waals surface area contributed by atoms with Crippen molar-refractivity contribution in [3.8, 4) is 0 Å². The number of aromatic nitrogens is 2. The number of carboxylic acids is 1. The molecule has 1 rings (SSSR count). The van der Waals surface area contributed by atoms with E-state index in [1.165, 1.54) is 18.7 Å². The molecular weight excluding hydrogens is 156 g/mol. The zero-order chi connectivity index (χ0) is 9.19. The van der Waals surface area contributed by atoms with Gasteiger partial charge in [0.05, 0.1) is 5.41 Å². The Morgan fingerprint density at radius 2 is 1.92 bits per heavy atom. The normalized spacial score (nSPS) is 11.2. The third-order valence-corrected chi connectivity index (χ3v) is 1.82. The molecule has 0 atom stereocenters. The van der Waals surface area contributed by atoms with Crippen LogP contribution < -0.4 is 0 Å².